The third kappa shape index (κ3) is 1.90. The van der Waals surface area contributed by atoms with Crippen LogP contribution < -0.4 is 0 Å². The molecule has 0 radical (unpaired) electrons. The van der Waals surface area contributed by atoms with Gasteiger partial charge in [-0.25, -0.2) is 0 Å². The molecule has 2 aliphatic heterocycles. The van der Waals surface area contributed by atoms with E-state index < -0.39 is 18.2 Å². The second-order valence-electron chi connectivity index (χ2n) is 4.50. The molecule has 0 saturated carbocycles. The van der Waals surface area contributed by atoms with Crippen LogP contribution in [0.2, 0.25) is 0 Å². The largest absolute Gasteiger partial charge is 0.385 e. The van der Waals surface area contributed by atoms with E-state index in [4.69, 9.17) is 18.9 Å². The molecular formula is C10H18O5. The van der Waals surface area contributed by atoms with Gasteiger partial charge in [0.2, 0.25) is 0 Å². The Morgan fingerprint density at radius 1 is 1.20 bits per heavy atom. The fourth-order valence-electron chi connectivity index (χ4n) is 2.16. The molecule has 0 unspecified atom stereocenters. The molecular weight excluding hydrogens is 200 g/mol. The van der Waals surface area contributed by atoms with Crippen LogP contribution >= 0.6 is 0 Å². The Bertz CT molecular complexity index is 242. The van der Waals surface area contributed by atoms with Crippen molar-refractivity contribution < 1.29 is 24.1 Å². The summed E-state index contributed by atoms with van der Waals surface area (Å²) in [6, 6.07) is 0. The lowest BCUT2D eigenvalue weighted by molar-refractivity contribution is -0.265. The average molecular weight is 218 g/mol. The van der Waals surface area contributed by atoms with E-state index in [1.165, 1.54) is 7.11 Å². The first-order valence-corrected chi connectivity index (χ1v) is 5.16. The lowest BCUT2D eigenvalue weighted by atomic mass is 10.0. The number of aliphatic hydroxyl groups is 1. The monoisotopic (exact) mass is 218 g/mol. The fourth-order valence-corrected chi connectivity index (χ4v) is 2.16. The van der Waals surface area contributed by atoms with E-state index in [9.17, 15) is 5.11 Å². The van der Waals surface area contributed by atoms with Crippen LogP contribution in [-0.4, -0.2) is 48.7 Å². The zero-order valence-electron chi connectivity index (χ0n) is 9.47. The highest BCUT2D eigenvalue weighted by atomic mass is 16.8. The van der Waals surface area contributed by atoms with Crippen molar-refractivity contribution in [3.8, 4) is 0 Å². The van der Waals surface area contributed by atoms with Crippen LogP contribution in [0, 0.1) is 0 Å². The first kappa shape index (κ1) is 11.3. The molecule has 1 N–H and O–H groups in total. The number of methoxy groups -OCH3 is 1. The highest BCUT2D eigenvalue weighted by Gasteiger charge is 2.53. The highest BCUT2D eigenvalue weighted by Crippen LogP contribution is 2.37. The van der Waals surface area contributed by atoms with E-state index in [0.29, 0.717) is 0 Å². The number of hydrogen-bond donors (Lipinski definition) is 1. The Morgan fingerprint density at radius 2 is 1.80 bits per heavy atom. The van der Waals surface area contributed by atoms with Gasteiger partial charge in [0.25, 0.3) is 0 Å². The second kappa shape index (κ2) is 3.68. The number of hydrogen-bond acceptors (Lipinski definition) is 5. The van der Waals surface area contributed by atoms with Gasteiger partial charge >= 0.3 is 0 Å². The molecule has 0 aromatic rings. The molecule has 2 saturated heterocycles. The Kier molecular flexibility index (Phi) is 2.77. The first-order valence-electron chi connectivity index (χ1n) is 5.16. The van der Waals surface area contributed by atoms with Gasteiger partial charge in [-0.3, -0.25) is 0 Å². The lowest BCUT2D eigenvalue weighted by Crippen LogP contribution is -2.55. The quantitative estimate of drug-likeness (QED) is 0.684. The SMILES string of the molecule is CO[C@H]1O[C@H](C)[C@@H]2OC(C)(C)O[C@@H]2[C@H]1O. The lowest BCUT2D eigenvalue weighted by Gasteiger charge is -2.37. The van der Waals surface area contributed by atoms with Gasteiger partial charge in [-0.2, -0.15) is 0 Å². The minimum Gasteiger partial charge on any atom is -0.385 e. The van der Waals surface area contributed by atoms with Gasteiger partial charge in [0, 0.05) is 7.11 Å². The van der Waals surface area contributed by atoms with Crippen LogP contribution in [0.3, 0.4) is 0 Å². The summed E-state index contributed by atoms with van der Waals surface area (Å²) in [6.45, 7) is 5.54. The van der Waals surface area contributed by atoms with E-state index in [2.05, 4.69) is 0 Å². The maximum atomic E-state index is 9.93. The number of ether oxygens (including phenoxy) is 4. The molecule has 15 heavy (non-hydrogen) atoms. The van der Waals surface area contributed by atoms with Crippen LogP contribution in [0.1, 0.15) is 20.8 Å². The fraction of sp³-hybridized carbons (Fsp3) is 1.00. The summed E-state index contributed by atoms with van der Waals surface area (Å²) in [4.78, 5) is 0. The van der Waals surface area contributed by atoms with Crippen LogP contribution in [0.25, 0.3) is 0 Å². The summed E-state index contributed by atoms with van der Waals surface area (Å²) in [7, 11) is 1.50. The van der Waals surface area contributed by atoms with Gasteiger partial charge in [0.1, 0.15) is 18.3 Å². The number of rotatable bonds is 1. The first-order chi connectivity index (χ1) is 6.94. The predicted molar refractivity (Wildman–Crippen MR) is 51.2 cm³/mol. The molecule has 0 aliphatic carbocycles. The standard InChI is InChI=1S/C10H18O5/c1-5-7-8(15-10(2,3)14-7)6(11)9(12-4)13-5/h5-9,11H,1-4H3/t5-,6-,7+,8-,9+/m1/s1. The Labute approximate surface area is 89.3 Å². The van der Waals surface area contributed by atoms with Crippen LogP contribution in [0.4, 0.5) is 0 Å². The van der Waals surface area contributed by atoms with Gasteiger partial charge in [-0.05, 0) is 20.8 Å². The van der Waals surface area contributed by atoms with Crippen molar-refractivity contribution in [2.75, 3.05) is 7.11 Å². The third-order valence-electron chi connectivity index (χ3n) is 2.82. The second-order valence-corrected chi connectivity index (χ2v) is 4.50. The highest BCUT2D eigenvalue weighted by molar-refractivity contribution is 4.94. The van der Waals surface area contributed by atoms with Crippen molar-refractivity contribution in [2.24, 2.45) is 0 Å². The molecule has 2 rings (SSSR count). The van der Waals surface area contributed by atoms with Crippen LogP contribution in [0.5, 0.6) is 0 Å². The minimum atomic E-state index is -0.807. The molecule has 0 spiro atoms. The molecule has 2 heterocycles. The molecule has 0 aromatic heterocycles. The maximum absolute atomic E-state index is 9.93. The Balaban J connectivity index is 2.16. The van der Waals surface area contributed by atoms with Gasteiger partial charge in [-0.1, -0.05) is 0 Å². The van der Waals surface area contributed by atoms with Crippen molar-refractivity contribution >= 4 is 0 Å². The molecule has 0 aromatic carbocycles. The van der Waals surface area contributed by atoms with Gasteiger partial charge < -0.3 is 24.1 Å². The molecule has 0 amide bonds. The average Bonchev–Trinajstić information content (AvgIpc) is 2.48. The van der Waals surface area contributed by atoms with E-state index in [0.717, 1.165) is 0 Å². The summed E-state index contributed by atoms with van der Waals surface area (Å²) < 4.78 is 21.8. The van der Waals surface area contributed by atoms with Gasteiger partial charge in [0.05, 0.1) is 6.10 Å². The number of aliphatic hydroxyl groups excluding tert-OH is 1. The summed E-state index contributed by atoms with van der Waals surface area (Å²) in [5.74, 6) is -0.670. The van der Waals surface area contributed by atoms with Gasteiger partial charge in [0.15, 0.2) is 12.1 Å². The Hall–Kier alpha value is -0.200. The van der Waals surface area contributed by atoms with Crippen LogP contribution in [0.15, 0.2) is 0 Å². The van der Waals surface area contributed by atoms with Crippen molar-refractivity contribution in [1.82, 2.24) is 0 Å². The van der Waals surface area contributed by atoms with Crippen molar-refractivity contribution in [3.05, 3.63) is 0 Å². The van der Waals surface area contributed by atoms with Crippen LogP contribution in [-0.2, 0) is 18.9 Å². The molecule has 2 fully saturated rings. The molecule has 0 bridgehead atoms. The predicted octanol–water partition coefficient (Wildman–Crippen LogP) is 0.259. The summed E-state index contributed by atoms with van der Waals surface area (Å²) in [6.07, 6.45) is -2.21. The third-order valence-corrected chi connectivity index (χ3v) is 2.82. The van der Waals surface area contributed by atoms with Crippen molar-refractivity contribution in [1.29, 1.82) is 0 Å². The maximum Gasteiger partial charge on any atom is 0.186 e. The molecule has 2 aliphatic rings. The van der Waals surface area contributed by atoms with E-state index in [-0.39, 0.29) is 18.3 Å². The summed E-state index contributed by atoms with van der Waals surface area (Å²) in [5.41, 5.74) is 0. The molecule has 5 nitrogen and oxygen atoms in total. The van der Waals surface area contributed by atoms with Crippen molar-refractivity contribution in [2.45, 2.75) is 57.3 Å². The smallest absolute Gasteiger partial charge is 0.186 e. The number of fused-ring (bicyclic) bond motifs is 1. The summed E-state index contributed by atoms with van der Waals surface area (Å²) in [5, 5.41) is 9.93. The van der Waals surface area contributed by atoms with E-state index in [1.807, 2.05) is 20.8 Å². The molecule has 88 valence electrons. The normalized spacial score (nSPS) is 49.0. The van der Waals surface area contributed by atoms with Gasteiger partial charge in [-0.15, -0.1) is 0 Å². The zero-order valence-corrected chi connectivity index (χ0v) is 9.47. The Morgan fingerprint density at radius 3 is 2.40 bits per heavy atom. The van der Waals surface area contributed by atoms with E-state index >= 15 is 0 Å². The topological polar surface area (TPSA) is 57.2 Å². The minimum absolute atomic E-state index is 0.148. The molecule has 5 atom stereocenters. The van der Waals surface area contributed by atoms with E-state index in [1.54, 1.807) is 0 Å². The van der Waals surface area contributed by atoms with Crippen molar-refractivity contribution in [3.63, 3.8) is 0 Å². The molecule has 5 heteroatoms. The summed E-state index contributed by atoms with van der Waals surface area (Å²) >= 11 is 0. The zero-order chi connectivity index (χ0) is 11.2.